The molecule has 96 valence electrons. The molecule has 18 heavy (non-hydrogen) atoms. The van der Waals surface area contributed by atoms with Crippen LogP contribution in [0.25, 0.3) is 0 Å². The number of hydrogen-bond acceptors (Lipinski definition) is 5. The Morgan fingerprint density at radius 3 is 2.78 bits per heavy atom. The van der Waals surface area contributed by atoms with Crippen LogP contribution in [0.1, 0.15) is 30.0 Å². The van der Waals surface area contributed by atoms with Gasteiger partial charge in [-0.15, -0.1) is 0 Å². The third-order valence-corrected chi connectivity index (χ3v) is 2.74. The Hall–Kier alpha value is -2.01. The van der Waals surface area contributed by atoms with E-state index in [-0.39, 0.29) is 17.5 Å². The van der Waals surface area contributed by atoms with Crippen molar-refractivity contribution in [3.8, 4) is 11.5 Å². The van der Waals surface area contributed by atoms with E-state index < -0.39 is 0 Å². The number of aromatic hydroxyl groups is 2. The number of nitrogens with zero attached hydrogens (tertiary/aromatic N) is 1. The fourth-order valence-electron chi connectivity index (χ4n) is 1.76. The van der Waals surface area contributed by atoms with E-state index in [1.54, 1.807) is 6.07 Å². The lowest BCUT2D eigenvalue weighted by atomic mass is 10.1. The average molecular weight is 248 g/mol. The number of hydrogen-bond donors (Lipinski definition) is 3. The lowest BCUT2D eigenvalue weighted by Gasteiger charge is -2.14. The van der Waals surface area contributed by atoms with Crippen LogP contribution in [0.4, 0.5) is 0 Å². The quantitative estimate of drug-likeness (QED) is 0.723. The van der Waals surface area contributed by atoms with Crippen molar-refractivity contribution >= 4 is 0 Å². The zero-order valence-corrected chi connectivity index (χ0v) is 10.3. The van der Waals surface area contributed by atoms with Gasteiger partial charge < -0.3 is 20.1 Å². The Labute approximate surface area is 105 Å². The van der Waals surface area contributed by atoms with Crippen LogP contribution in [0.3, 0.4) is 0 Å². The van der Waals surface area contributed by atoms with Crippen molar-refractivity contribution in [1.29, 1.82) is 0 Å². The Bertz CT molecular complexity index is 537. The van der Waals surface area contributed by atoms with Gasteiger partial charge in [0, 0.05) is 24.2 Å². The summed E-state index contributed by atoms with van der Waals surface area (Å²) in [5.74, 6) is 1.05. The second-order valence-electron chi connectivity index (χ2n) is 4.27. The van der Waals surface area contributed by atoms with E-state index in [0.29, 0.717) is 12.1 Å². The minimum Gasteiger partial charge on any atom is -0.508 e. The molecule has 0 aliphatic rings. The van der Waals surface area contributed by atoms with Gasteiger partial charge >= 0.3 is 0 Å². The predicted octanol–water partition coefficient (Wildman–Crippen LogP) is 2.25. The molecule has 0 bridgehead atoms. The van der Waals surface area contributed by atoms with E-state index in [0.717, 1.165) is 11.5 Å². The molecule has 0 aliphatic carbocycles. The maximum Gasteiger partial charge on any atom is 0.133 e. The SMILES string of the molecule is Cc1cc(CNC(C)c2cc(O)ccc2O)no1. The normalized spacial score (nSPS) is 12.6. The first kappa shape index (κ1) is 12.4. The summed E-state index contributed by atoms with van der Waals surface area (Å²) in [5, 5.41) is 26.2. The van der Waals surface area contributed by atoms with Crippen LogP contribution in [0.15, 0.2) is 28.8 Å². The number of nitrogens with one attached hydrogen (secondary N) is 1. The average Bonchev–Trinajstić information content (AvgIpc) is 2.75. The Morgan fingerprint density at radius 2 is 2.11 bits per heavy atom. The largest absolute Gasteiger partial charge is 0.508 e. The third-order valence-electron chi connectivity index (χ3n) is 2.74. The van der Waals surface area contributed by atoms with E-state index >= 15 is 0 Å². The van der Waals surface area contributed by atoms with Gasteiger partial charge in [0.2, 0.25) is 0 Å². The molecule has 2 aromatic rings. The van der Waals surface area contributed by atoms with Crippen molar-refractivity contribution in [2.75, 3.05) is 0 Å². The van der Waals surface area contributed by atoms with Gasteiger partial charge in [-0.2, -0.15) is 0 Å². The van der Waals surface area contributed by atoms with Gasteiger partial charge in [0.05, 0.1) is 5.69 Å². The summed E-state index contributed by atoms with van der Waals surface area (Å²) in [7, 11) is 0. The second-order valence-corrected chi connectivity index (χ2v) is 4.27. The van der Waals surface area contributed by atoms with Gasteiger partial charge in [-0.25, -0.2) is 0 Å². The highest BCUT2D eigenvalue weighted by atomic mass is 16.5. The fourth-order valence-corrected chi connectivity index (χ4v) is 1.76. The van der Waals surface area contributed by atoms with Crippen LogP contribution in [0, 0.1) is 6.92 Å². The van der Waals surface area contributed by atoms with E-state index in [1.165, 1.54) is 12.1 Å². The first-order valence-electron chi connectivity index (χ1n) is 5.73. The van der Waals surface area contributed by atoms with E-state index in [4.69, 9.17) is 4.52 Å². The topological polar surface area (TPSA) is 78.5 Å². The van der Waals surface area contributed by atoms with E-state index in [2.05, 4.69) is 10.5 Å². The summed E-state index contributed by atoms with van der Waals surface area (Å²) in [5.41, 5.74) is 1.45. The molecule has 0 radical (unpaired) electrons. The smallest absolute Gasteiger partial charge is 0.133 e. The monoisotopic (exact) mass is 248 g/mol. The molecule has 1 heterocycles. The van der Waals surface area contributed by atoms with Gasteiger partial charge in [0.1, 0.15) is 17.3 Å². The predicted molar refractivity (Wildman–Crippen MR) is 66.3 cm³/mol. The van der Waals surface area contributed by atoms with Crippen LogP contribution in [-0.2, 0) is 6.54 Å². The van der Waals surface area contributed by atoms with Crippen LogP contribution < -0.4 is 5.32 Å². The number of aryl methyl sites for hydroxylation is 1. The molecule has 0 aliphatic heterocycles. The molecule has 1 aromatic carbocycles. The number of rotatable bonds is 4. The second kappa shape index (κ2) is 5.10. The maximum atomic E-state index is 9.72. The highest BCUT2D eigenvalue weighted by molar-refractivity contribution is 5.40. The number of benzene rings is 1. The zero-order chi connectivity index (χ0) is 13.1. The molecule has 1 atom stereocenters. The standard InChI is InChI=1S/C13H16N2O3/c1-8-5-10(15-18-8)7-14-9(2)12-6-11(16)3-4-13(12)17/h3-6,9,14,16-17H,7H2,1-2H3. The Balaban J connectivity index is 2.03. The minimum atomic E-state index is -0.103. The third kappa shape index (κ3) is 2.81. The number of phenolic OH excluding ortho intramolecular Hbond substituents is 2. The molecule has 0 fully saturated rings. The molecule has 0 saturated carbocycles. The lowest BCUT2D eigenvalue weighted by Crippen LogP contribution is -2.18. The van der Waals surface area contributed by atoms with Gasteiger partial charge in [-0.3, -0.25) is 0 Å². The Kier molecular flexibility index (Phi) is 3.53. The van der Waals surface area contributed by atoms with E-state index in [1.807, 2.05) is 19.9 Å². The van der Waals surface area contributed by atoms with Gasteiger partial charge in [0.15, 0.2) is 0 Å². The molecule has 1 unspecified atom stereocenters. The van der Waals surface area contributed by atoms with Crippen LogP contribution in [-0.4, -0.2) is 15.4 Å². The highest BCUT2D eigenvalue weighted by Gasteiger charge is 2.11. The fraction of sp³-hybridized carbons (Fsp3) is 0.308. The molecular weight excluding hydrogens is 232 g/mol. The van der Waals surface area contributed by atoms with Gasteiger partial charge in [-0.1, -0.05) is 5.16 Å². The summed E-state index contributed by atoms with van der Waals surface area (Å²) < 4.78 is 4.97. The van der Waals surface area contributed by atoms with Crippen molar-refractivity contribution in [2.45, 2.75) is 26.4 Å². The summed E-state index contributed by atoms with van der Waals surface area (Å²) in [6.45, 7) is 4.27. The molecule has 5 heteroatoms. The van der Waals surface area contributed by atoms with Crippen molar-refractivity contribution in [3.63, 3.8) is 0 Å². The molecule has 0 saturated heterocycles. The highest BCUT2D eigenvalue weighted by Crippen LogP contribution is 2.27. The Morgan fingerprint density at radius 1 is 1.33 bits per heavy atom. The van der Waals surface area contributed by atoms with E-state index in [9.17, 15) is 10.2 Å². The molecule has 5 nitrogen and oxygen atoms in total. The molecule has 2 rings (SSSR count). The van der Waals surface area contributed by atoms with Crippen LogP contribution in [0.2, 0.25) is 0 Å². The zero-order valence-electron chi connectivity index (χ0n) is 10.3. The molecule has 3 N–H and O–H groups in total. The first-order valence-corrected chi connectivity index (χ1v) is 5.73. The van der Waals surface area contributed by atoms with Crippen LogP contribution >= 0.6 is 0 Å². The lowest BCUT2D eigenvalue weighted by molar-refractivity contribution is 0.385. The van der Waals surface area contributed by atoms with Crippen molar-refractivity contribution in [1.82, 2.24) is 10.5 Å². The van der Waals surface area contributed by atoms with Crippen molar-refractivity contribution < 1.29 is 14.7 Å². The van der Waals surface area contributed by atoms with Crippen molar-refractivity contribution in [3.05, 3.63) is 41.3 Å². The molecular formula is C13H16N2O3. The maximum absolute atomic E-state index is 9.72. The van der Waals surface area contributed by atoms with Crippen molar-refractivity contribution in [2.24, 2.45) is 0 Å². The minimum absolute atomic E-state index is 0.103. The summed E-state index contributed by atoms with van der Waals surface area (Å²) in [6, 6.07) is 6.22. The van der Waals surface area contributed by atoms with Crippen LogP contribution in [0.5, 0.6) is 11.5 Å². The van der Waals surface area contributed by atoms with Gasteiger partial charge in [-0.05, 0) is 32.0 Å². The molecule has 1 aromatic heterocycles. The number of aromatic nitrogens is 1. The first-order chi connectivity index (χ1) is 8.56. The summed E-state index contributed by atoms with van der Waals surface area (Å²) in [6.07, 6.45) is 0. The summed E-state index contributed by atoms with van der Waals surface area (Å²) >= 11 is 0. The van der Waals surface area contributed by atoms with Gasteiger partial charge in [0.25, 0.3) is 0 Å². The number of phenols is 2. The summed E-state index contributed by atoms with van der Waals surface area (Å²) in [4.78, 5) is 0. The molecule has 0 amide bonds. The molecule has 0 spiro atoms.